The molecule has 1 atom stereocenters. The predicted molar refractivity (Wildman–Crippen MR) is 62.8 cm³/mol. The maximum absolute atomic E-state index is 6.32. The summed E-state index contributed by atoms with van der Waals surface area (Å²) in [6.07, 6.45) is 3.43. The lowest BCUT2D eigenvalue weighted by molar-refractivity contribution is 0.401. The zero-order valence-electron chi connectivity index (χ0n) is 9.01. The first-order valence-corrected chi connectivity index (χ1v) is 5.57. The molecule has 0 bridgehead atoms. The van der Waals surface area contributed by atoms with Crippen LogP contribution in [0.2, 0.25) is 0 Å². The van der Waals surface area contributed by atoms with Crippen molar-refractivity contribution in [3.05, 3.63) is 35.5 Å². The molecular weight excluding hydrogens is 184 g/mol. The maximum atomic E-state index is 6.32. The van der Waals surface area contributed by atoms with E-state index < -0.39 is 0 Å². The van der Waals surface area contributed by atoms with Gasteiger partial charge in [-0.2, -0.15) is 0 Å². The molecule has 3 rings (SSSR count). The molecule has 0 fully saturated rings. The zero-order chi connectivity index (χ0) is 10.5. The monoisotopic (exact) mass is 200 g/mol. The van der Waals surface area contributed by atoms with E-state index in [2.05, 4.69) is 36.2 Å². The molecule has 0 radical (unpaired) electrons. The molecular formula is C13H16N2. The third-order valence-corrected chi connectivity index (χ3v) is 3.51. The van der Waals surface area contributed by atoms with E-state index in [1.807, 2.05) is 0 Å². The second kappa shape index (κ2) is 2.86. The third-order valence-electron chi connectivity index (χ3n) is 3.51. The standard InChI is InChI=1S/C13H16N2/c1-13(14)8-4-6-10-9-5-2-3-7-11(9)15-12(10)13/h2-3,5,7,15H,4,6,8,14H2,1H3. The average molecular weight is 200 g/mol. The van der Waals surface area contributed by atoms with E-state index in [0.717, 1.165) is 12.8 Å². The fraction of sp³-hybridized carbons (Fsp3) is 0.385. The lowest BCUT2D eigenvalue weighted by Crippen LogP contribution is -2.36. The van der Waals surface area contributed by atoms with Crippen molar-refractivity contribution in [2.45, 2.75) is 31.7 Å². The van der Waals surface area contributed by atoms with Gasteiger partial charge in [-0.3, -0.25) is 0 Å². The molecule has 1 aromatic heterocycles. The van der Waals surface area contributed by atoms with Crippen LogP contribution in [0.5, 0.6) is 0 Å². The smallest absolute Gasteiger partial charge is 0.0536 e. The summed E-state index contributed by atoms with van der Waals surface area (Å²) in [5.74, 6) is 0. The molecule has 1 aliphatic rings. The molecule has 1 aliphatic carbocycles. The van der Waals surface area contributed by atoms with Gasteiger partial charge in [-0.25, -0.2) is 0 Å². The van der Waals surface area contributed by atoms with Crippen molar-refractivity contribution in [2.75, 3.05) is 0 Å². The summed E-state index contributed by atoms with van der Waals surface area (Å²) in [6, 6.07) is 8.48. The molecule has 78 valence electrons. The molecule has 1 aromatic carbocycles. The van der Waals surface area contributed by atoms with Gasteiger partial charge >= 0.3 is 0 Å². The van der Waals surface area contributed by atoms with Crippen molar-refractivity contribution >= 4 is 10.9 Å². The Kier molecular flexibility index (Phi) is 1.71. The molecule has 2 heteroatoms. The Hall–Kier alpha value is -1.28. The Morgan fingerprint density at radius 1 is 1.33 bits per heavy atom. The minimum Gasteiger partial charge on any atom is -0.357 e. The van der Waals surface area contributed by atoms with Gasteiger partial charge < -0.3 is 10.7 Å². The van der Waals surface area contributed by atoms with Crippen LogP contribution in [0.4, 0.5) is 0 Å². The Morgan fingerprint density at radius 3 is 3.00 bits per heavy atom. The fourth-order valence-corrected chi connectivity index (χ4v) is 2.70. The summed E-state index contributed by atoms with van der Waals surface area (Å²) in [4.78, 5) is 3.48. The molecule has 0 saturated carbocycles. The Morgan fingerprint density at radius 2 is 2.13 bits per heavy atom. The Labute approximate surface area is 89.5 Å². The first-order chi connectivity index (χ1) is 7.18. The quantitative estimate of drug-likeness (QED) is 0.674. The number of aromatic nitrogens is 1. The summed E-state index contributed by atoms with van der Waals surface area (Å²) in [7, 11) is 0. The van der Waals surface area contributed by atoms with Crippen LogP contribution < -0.4 is 5.73 Å². The van der Waals surface area contributed by atoms with E-state index in [0.29, 0.717) is 0 Å². The number of H-pyrrole nitrogens is 1. The number of nitrogens with two attached hydrogens (primary N) is 1. The SMILES string of the molecule is CC1(N)CCCc2c1[nH]c1ccccc21. The number of para-hydroxylation sites is 1. The van der Waals surface area contributed by atoms with E-state index in [1.165, 1.54) is 28.6 Å². The lowest BCUT2D eigenvalue weighted by Gasteiger charge is -2.29. The van der Waals surface area contributed by atoms with Crippen molar-refractivity contribution in [2.24, 2.45) is 5.73 Å². The van der Waals surface area contributed by atoms with Gasteiger partial charge in [0, 0.05) is 16.6 Å². The van der Waals surface area contributed by atoms with Gasteiger partial charge in [-0.1, -0.05) is 18.2 Å². The highest BCUT2D eigenvalue weighted by Gasteiger charge is 2.30. The number of hydrogen-bond donors (Lipinski definition) is 2. The van der Waals surface area contributed by atoms with E-state index >= 15 is 0 Å². The molecule has 3 N–H and O–H groups in total. The molecule has 0 saturated heterocycles. The Bertz CT molecular complexity index is 508. The van der Waals surface area contributed by atoms with Gasteiger partial charge in [0.1, 0.15) is 0 Å². The van der Waals surface area contributed by atoms with Crippen LogP contribution in [-0.2, 0) is 12.0 Å². The molecule has 2 aromatic rings. The minimum absolute atomic E-state index is 0.174. The molecule has 1 unspecified atom stereocenters. The van der Waals surface area contributed by atoms with Gasteiger partial charge in [0.25, 0.3) is 0 Å². The van der Waals surface area contributed by atoms with E-state index in [-0.39, 0.29) is 5.54 Å². The average Bonchev–Trinajstić information content (AvgIpc) is 2.58. The van der Waals surface area contributed by atoms with Crippen LogP contribution in [-0.4, -0.2) is 4.98 Å². The number of fused-ring (bicyclic) bond motifs is 3. The predicted octanol–water partition coefficient (Wildman–Crippen LogP) is 2.68. The van der Waals surface area contributed by atoms with E-state index in [4.69, 9.17) is 5.73 Å². The normalized spacial score (nSPS) is 25.5. The molecule has 0 amide bonds. The van der Waals surface area contributed by atoms with Crippen LogP contribution in [0.15, 0.2) is 24.3 Å². The number of hydrogen-bond acceptors (Lipinski definition) is 1. The van der Waals surface area contributed by atoms with Crippen LogP contribution in [0.1, 0.15) is 31.0 Å². The first-order valence-electron chi connectivity index (χ1n) is 5.57. The number of aryl methyl sites for hydroxylation is 1. The van der Waals surface area contributed by atoms with Gasteiger partial charge in [0.2, 0.25) is 0 Å². The highest BCUT2D eigenvalue weighted by atomic mass is 14.9. The highest BCUT2D eigenvalue weighted by molar-refractivity contribution is 5.85. The van der Waals surface area contributed by atoms with Crippen molar-refractivity contribution < 1.29 is 0 Å². The van der Waals surface area contributed by atoms with Gasteiger partial charge in [-0.15, -0.1) is 0 Å². The molecule has 0 aliphatic heterocycles. The number of aromatic amines is 1. The second-order valence-electron chi connectivity index (χ2n) is 4.80. The molecule has 1 heterocycles. The summed E-state index contributed by atoms with van der Waals surface area (Å²) in [5, 5.41) is 1.35. The van der Waals surface area contributed by atoms with E-state index in [1.54, 1.807) is 0 Å². The fourth-order valence-electron chi connectivity index (χ4n) is 2.70. The van der Waals surface area contributed by atoms with Crippen molar-refractivity contribution in [1.29, 1.82) is 0 Å². The topological polar surface area (TPSA) is 41.8 Å². The van der Waals surface area contributed by atoms with Gasteiger partial charge in [0.05, 0.1) is 5.54 Å². The van der Waals surface area contributed by atoms with Gasteiger partial charge in [0.15, 0.2) is 0 Å². The minimum atomic E-state index is -0.174. The summed E-state index contributed by atoms with van der Waals surface area (Å²) in [5.41, 5.74) is 10.0. The van der Waals surface area contributed by atoms with Crippen molar-refractivity contribution in [3.63, 3.8) is 0 Å². The molecule has 0 spiro atoms. The molecule has 2 nitrogen and oxygen atoms in total. The molecule has 15 heavy (non-hydrogen) atoms. The lowest BCUT2D eigenvalue weighted by atomic mass is 9.82. The van der Waals surface area contributed by atoms with Crippen LogP contribution >= 0.6 is 0 Å². The zero-order valence-corrected chi connectivity index (χ0v) is 9.01. The summed E-state index contributed by atoms with van der Waals surface area (Å²) >= 11 is 0. The van der Waals surface area contributed by atoms with Crippen LogP contribution in [0.25, 0.3) is 10.9 Å². The van der Waals surface area contributed by atoms with Crippen LogP contribution in [0, 0.1) is 0 Å². The second-order valence-corrected chi connectivity index (χ2v) is 4.80. The number of benzene rings is 1. The highest BCUT2D eigenvalue weighted by Crippen LogP contribution is 2.36. The van der Waals surface area contributed by atoms with Crippen molar-refractivity contribution in [3.8, 4) is 0 Å². The summed E-state index contributed by atoms with van der Waals surface area (Å²) < 4.78 is 0. The third kappa shape index (κ3) is 1.21. The van der Waals surface area contributed by atoms with Gasteiger partial charge in [-0.05, 0) is 37.8 Å². The van der Waals surface area contributed by atoms with Crippen LogP contribution in [0.3, 0.4) is 0 Å². The van der Waals surface area contributed by atoms with Crippen molar-refractivity contribution in [1.82, 2.24) is 4.98 Å². The largest absolute Gasteiger partial charge is 0.357 e. The van der Waals surface area contributed by atoms with E-state index in [9.17, 15) is 0 Å². The number of rotatable bonds is 0. The summed E-state index contributed by atoms with van der Waals surface area (Å²) in [6.45, 7) is 2.13. The maximum Gasteiger partial charge on any atom is 0.0536 e. The first kappa shape index (κ1) is 8.98. The Balaban J connectivity index is 2.34. The number of nitrogens with one attached hydrogen (secondary N) is 1.